The van der Waals surface area contributed by atoms with Crippen molar-refractivity contribution >= 4 is 40.2 Å². The minimum absolute atomic E-state index is 0. The van der Waals surface area contributed by atoms with E-state index >= 15 is 0 Å². The van der Waals surface area contributed by atoms with Gasteiger partial charge in [-0.15, -0.1) is 11.8 Å². The number of aromatic nitrogens is 2. The predicted octanol–water partition coefficient (Wildman–Crippen LogP) is 1.79. The van der Waals surface area contributed by atoms with E-state index in [0.29, 0.717) is 5.82 Å². The highest BCUT2D eigenvalue weighted by atomic mass is 127. The Hall–Kier alpha value is -2.73. The molecule has 6 heteroatoms. The van der Waals surface area contributed by atoms with E-state index in [1.807, 2.05) is 61.8 Å². The molecular formula is C30H26IN2OPS. The largest absolute Gasteiger partial charge is 1.00 e. The summed E-state index contributed by atoms with van der Waals surface area (Å²) in [6, 6.07) is 41.3. The summed E-state index contributed by atoms with van der Waals surface area (Å²) < 4.78 is 1.72. The van der Waals surface area contributed by atoms with Crippen LogP contribution in [-0.4, -0.2) is 15.8 Å². The molecule has 3 nitrogen and oxygen atoms in total. The van der Waals surface area contributed by atoms with Gasteiger partial charge in [-0.2, -0.15) is 0 Å². The van der Waals surface area contributed by atoms with Crippen molar-refractivity contribution in [2.24, 2.45) is 7.05 Å². The van der Waals surface area contributed by atoms with Gasteiger partial charge >= 0.3 is 0 Å². The van der Waals surface area contributed by atoms with Crippen LogP contribution < -0.4 is 50.8 Å². The molecule has 180 valence electrons. The Morgan fingerprint density at radius 2 is 1.06 bits per heavy atom. The molecule has 0 unspecified atom stereocenters. The summed E-state index contributed by atoms with van der Waals surface area (Å²) in [7, 11) is -0.718. The van der Waals surface area contributed by atoms with Crippen molar-refractivity contribution in [1.82, 2.24) is 9.55 Å². The van der Waals surface area contributed by atoms with Crippen molar-refractivity contribution in [2.45, 2.75) is 5.03 Å². The van der Waals surface area contributed by atoms with E-state index in [0.717, 1.165) is 31.8 Å². The second kappa shape index (κ2) is 11.5. The molecule has 4 aromatic carbocycles. The second-order valence-electron chi connectivity index (χ2n) is 8.20. The molecular weight excluding hydrogens is 594 g/mol. The Morgan fingerprint density at radius 3 is 1.44 bits per heavy atom. The van der Waals surface area contributed by atoms with Gasteiger partial charge in [0.15, 0.2) is 7.26 Å². The maximum atomic E-state index is 14.4. The molecule has 0 aliphatic carbocycles. The van der Waals surface area contributed by atoms with E-state index in [9.17, 15) is 4.79 Å². The van der Waals surface area contributed by atoms with E-state index in [2.05, 4.69) is 72.8 Å². The molecule has 0 saturated heterocycles. The van der Waals surface area contributed by atoms with Crippen molar-refractivity contribution in [3.63, 3.8) is 0 Å². The first kappa shape index (κ1) is 26.3. The van der Waals surface area contributed by atoms with Gasteiger partial charge in [0, 0.05) is 12.6 Å². The van der Waals surface area contributed by atoms with Crippen LogP contribution in [0.1, 0.15) is 0 Å². The van der Waals surface area contributed by atoms with Gasteiger partial charge < -0.3 is 24.0 Å². The van der Waals surface area contributed by atoms with Crippen LogP contribution in [0.2, 0.25) is 0 Å². The monoisotopic (exact) mass is 620 g/mol. The third kappa shape index (κ3) is 4.56. The number of hydrogen-bond donors (Lipinski definition) is 0. The molecule has 0 aliphatic heterocycles. The van der Waals surface area contributed by atoms with Crippen molar-refractivity contribution < 1.29 is 24.0 Å². The van der Waals surface area contributed by atoms with Crippen molar-refractivity contribution in [1.29, 1.82) is 0 Å². The highest BCUT2D eigenvalue weighted by Gasteiger charge is 2.52. The van der Waals surface area contributed by atoms with Crippen LogP contribution in [0.5, 0.6) is 0 Å². The fraction of sp³-hybridized carbons (Fsp3) is 0.0667. The minimum Gasteiger partial charge on any atom is -1.00 e. The van der Waals surface area contributed by atoms with Crippen LogP contribution in [0.4, 0.5) is 0 Å². The minimum atomic E-state index is -2.55. The van der Waals surface area contributed by atoms with Crippen molar-refractivity contribution in [3.8, 4) is 11.4 Å². The lowest BCUT2D eigenvalue weighted by molar-refractivity contribution is -0.00000688. The Balaban J connectivity index is 0.00000304. The molecule has 36 heavy (non-hydrogen) atoms. The van der Waals surface area contributed by atoms with Gasteiger partial charge in [0.2, 0.25) is 5.30 Å². The smallest absolute Gasteiger partial charge is 0.298 e. The van der Waals surface area contributed by atoms with Crippen LogP contribution in [0.3, 0.4) is 0 Å². The first-order valence-electron chi connectivity index (χ1n) is 11.4. The molecule has 1 aromatic heterocycles. The van der Waals surface area contributed by atoms with Gasteiger partial charge in [0.05, 0.1) is 0 Å². The van der Waals surface area contributed by atoms with Gasteiger partial charge in [-0.1, -0.05) is 84.9 Å². The number of benzene rings is 4. The molecule has 0 spiro atoms. The van der Waals surface area contributed by atoms with Gasteiger partial charge in [-0.05, 0) is 42.7 Å². The maximum Gasteiger partial charge on any atom is 0.298 e. The zero-order chi connectivity index (χ0) is 24.3. The SMILES string of the molecule is CSc1nc(-c2ccccc2)n(C)c(=O)c1[P+](c1ccccc1)(c1ccccc1)c1ccccc1.[I-]. The molecule has 0 amide bonds. The fourth-order valence-electron chi connectivity index (χ4n) is 4.63. The summed E-state index contributed by atoms with van der Waals surface area (Å²) in [6.07, 6.45) is 2.01. The first-order valence-corrected chi connectivity index (χ1v) is 14.5. The number of halogens is 1. The summed E-state index contributed by atoms with van der Waals surface area (Å²) in [5.74, 6) is 0.677. The molecule has 0 saturated carbocycles. The topological polar surface area (TPSA) is 34.9 Å². The molecule has 5 aromatic rings. The second-order valence-corrected chi connectivity index (χ2v) is 12.3. The van der Waals surface area contributed by atoms with Crippen LogP contribution in [0.25, 0.3) is 11.4 Å². The standard InChI is InChI=1S/C30H26N2OPS.HI/c1-32-28(23-15-7-3-8-16-23)31-29(35-2)27(30(32)33)34(24-17-9-4-10-18-24,25-19-11-5-12-20-25)26-21-13-6-14-22-26;/h3-22H,1-2H3;1H/q+1;/p-1. The lowest BCUT2D eigenvalue weighted by Gasteiger charge is -2.28. The van der Waals surface area contributed by atoms with Gasteiger partial charge in [-0.25, -0.2) is 4.98 Å². The Morgan fingerprint density at radius 1 is 0.667 bits per heavy atom. The number of thioether (sulfide) groups is 1. The Kier molecular flexibility index (Phi) is 8.45. The van der Waals surface area contributed by atoms with E-state index in [-0.39, 0.29) is 29.5 Å². The highest BCUT2D eigenvalue weighted by Crippen LogP contribution is 2.54. The van der Waals surface area contributed by atoms with Crippen LogP contribution >= 0.6 is 19.0 Å². The van der Waals surface area contributed by atoms with E-state index < -0.39 is 7.26 Å². The number of nitrogens with zero attached hydrogens (tertiary/aromatic N) is 2. The van der Waals surface area contributed by atoms with Crippen LogP contribution in [0, 0.1) is 0 Å². The summed E-state index contributed by atoms with van der Waals surface area (Å²) in [5.41, 5.74) is 0.921. The fourth-order valence-corrected chi connectivity index (χ4v) is 10.1. The molecule has 0 atom stereocenters. The van der Waals surface area contributed by atoms with Crippen molar-refractivity contribution in [2.75, 3.05) is 6.26 Å². The van der Waals surface area contributed by atoms with Gasteiger partial charge in [0.25, 0.3) is 5.56 Å². The lowest BCUT2D eigenvalue weighted by atomic mass is 10.2. The Bertz CT molecular complexity index is 1400. The van der Waals surface area contributed by atoms with Crippen molar-refractivity contribution in [3.05, 3.63) is 132 Å². The highest BCUT2D eigenvalue weighted by molar-refractivity contribution is 8.04. The summed E-state index contributed by atoms with van der Waals surface area (Å²) in [6.45, 7) is 0. The molecule has 0 bridgehead atoms. The first-order chi connectivity index (χ1) is 17.2. The van der Waals surface area contributed by atoms with Crippen LogP contribution in [-0.2, 0) is 7.05 Å². The zero-order valence-electron chi connectivity index (χ0n) is 20.1. The summed E-state index contributed by atoms with van der Waals surface area (Å²) >= 11 is 1.54. The average molecular weight is 620 g/mol. The lowest BCUT2D eigenvalue weighted by Crippen LogP contribution is -3.00. The normalized spacial score (nSPS) is 11.1. The quantitative estimate of drug-likeness (QED) is 0.126. The van der Waals surface area contributed by atoms with Gasteiger partial charge in [0.1, 0.15) is 26.8 Å². The van der Waals surface area contributed by atoms with Crippen LogP contribution in [0.15, 0.2) is 131 Å². The number of hydrogen-bond acceptors (Lipinski definition) is 3. The number of rotatable bonds is 6. The Labute approximate surface area is 234 Å². The average Bonchev–Trinajstić information content (AvgIpc) is 2.94. The molecule has 0 aliphatic rings. The predicted molar refractivity (Wildman–Crippen MR) is 151 cm³/mol. The third-order valence-corrected chi connectivity index (χ3v) is 11.4. The maximum absolute atomic E-state index is 14.4. The van der Waals surface area contributed by atoms with Gasteiger partial charge in [-0.3, -0.25) is 9.36 Å². The van der Waals surface area contributed by atoms with E-state index in [4.69, 9.17) is 4.98 Å². The summed E-state index contributed by atoms with van der Waals surface area (Å²) in [4.78, 5) is 19.6. The van der Waals surface area contributed by atoms with E-state index in [1.165, 1.54) is 0 Å². The molecule has 5 rings (SSSR count). The zero-order valence-corrected chi connectivity index (χ0v) is 24.0. The van der Waals surface area contributed by atoms with E-state index in [1.54, 1.807) is 16.3 Å². The third-order valence-electron chi connectivity index (χ3n) is 6.23. The molecule has 1 heterocycles. The molecule has 0 N–H and O–H groups in total. The molecule has 0 radical (unpaired) electrons. The summed E-state index contributed by atoms with van der Waals surface area (Å²) in [5, 5.41) is 4.96. The molecule has 0 fully saturated rings.